The minimum atomic E-state index is -0.407. The largest absolute Gasteiger partial charge is 0.355 e. The van der Waals surface area contributed by atoms with Gasteiger partial charge < -0.3 is 11.1 Å². The van der Waals surface area contributed by atoms with Crippen LogP contribution in [0.5, 0.6) is 0 Å². The summed E-state index contributed by atoms with van der Waals surface area (Å²) in [7, 11) is 0. The average Bonchev–Trinajstić information content (AvgIpc) is 2.91. The monoisotopic (exact) mass is 528 g/mol. The van der Waals surface area contributed by atoms with Gasteiger partial charge in [0, 0.05) is 12.1 Å². The topological polar surface area (TPSA) is 72.2 Å². The molecule has 1 amide bonds. The van der Waals surface area contributed by atoms with Crippen molar-refractivity contribution in [1.29, 1.82) is 0 Å². The molecule has 0 aliphatic rings. The lowest BCUT2D eigenvalue weighted by atomic mass is 10.1. The van der Waals surface area contributed by atoms with E-state index in [2.05, 4.69) is 67.7 Å². The molecule has 0 aliphatic carbocycles. The second-order valence-corrected chi connectivity index (χ2v) is 9.26. The zero-order valence-corrected chi connectivity index (χ0v) is 23.0. The van der Waals surface area contributed by atoms with Crippen LogP contribution < -0.4 is 11.1 Å². The number of carbonyl (C=O) groups excluding carboxylic acids is 2. The molecule has 4 nitrogen and oxygen atoms in total. The Morgan fingerprint density at radius 3 is 1.66 bits per heavy atom. The molecule has 4 aromatic rings. The van der Waals surface area contributed by atoms with Crippen molar-refractivity contribution in [3.8, 4) is 0 Å². The van der Waals surface area contributed by atoms with Crippen LogP contribution in [0, 0.1) is 13.8 Å². The molecule has 0 aromatic heterocycles. The molecule has 0 saturated carbocycles. The molecule has 5 heteroatoms. The normalized spacial score (nSPS) is 9.79. The van der Waals surface area contributed by atoms with Gasteiger partial charge in [-0.3, -0.25) is 9.59 Å². The molecule has 0 fully saturated rings. The number of aryl methyl sites for hydroxylation is 2. The van der Waals surface area contributed by atoms with Gasteiger partial charge in [0.1, 0.15) is 0 Å². The minimum Gasteiger partial charge on any atom is -0.355 e. The van der Waals surface area contributed by atoms with Crippen LogP contribution in [0.25, 0.3) is 0 Å². The van der Waals surface area contributed by atoms with E-state index in [0.717, 1.165) is 24.9 Å². The van der Waals surface area contributed by atoms with Crippen LogP contribution in [0.15, 0.2) is 109 Å². The molecular weight excluding hydrogens is 492 g/mol. The van der Waals surface area contributed by atoms with E-state index in [4.69, 9.17) is 17.3 Å². The lowest BCUT2D eigenvalue weighted by Gasteiger charge is -2.06. The SMILES string of the molecule is Cc1cccc(CCN)c1.Cc1cccc(CCNC(=O)Cc2ccccc2)c1.O=C(Cl)c1ccccc1. The summed E-state index contributed by atoms with van der Waals surface area (Å²) in [6.07, 6.45) is 2.32. The molecule has 0 heterocycles. The van der Waals surface area contributed by atoms with Crippen molar-refractivity contribution in [2.75, 3.05) is 13.1 Å². The van der Waals surface area contributed by atoms with E-state index in [0.29, 0.717) is 18.5 Å². The van der Waals surface area contributed by atoms with Crippen LogP contribution in [0.4, 0.5) is 0 Å². The smallest absolute Gasteiger partial charge is 0.252 e. The van der Waals surface area contributed by atoms with E-state index >= 15 is 0 Å². The average molecular weight is 529 g/mol. The Kier molecular flexibility index (Phi) is 14.2. The summed E-state index contributed by atoms with van der Waals surface area (Å²) in [5, 5.41) is 2.55. The molecule has 4 aromatic carbocycles. The maximum Gasteiger partial charge on any atom is 0.252 e. The molecule has 198 valence electrons. The van der Waals surface area contributed by atoms with Crippen molar-refractivity contribution in [2.24, 2.45) is 5.73 Å². The molecule has 0 aliphatic heterocycles. The second-order valence-electron chi connectivity index (χ2n) is 8.92. The first-order chi connectivity index (χ1) is 18.4. The number of carbonyl (C=O) groups is 2. The molecule has 4 rings (SSSR count). The van der Waals surface area contributed by atoms with Gasteiger partial charge in [-0.2, -0.15) is 0 Å². The summed E-state index contributed by atoms with van der Waals surface area (Å²) in [5.41, 5.74) is 12.2. The maximum atomic E-state index is 11.8. The van der Waals surface area contributed by atoms with Crippen LogP contribution >= 0.6 is 11.6 Å². The zero-order valence-electron chi connectivity index (χ0n) is 22.2. The lowest BCUT2D eigenvalue weighted by Crippen LogP contribution is -2.27. The van der Waals surface area contributed by atoms with Gasteiger partial charge in [-0.15, -0.1) is 0 Å². The summed E-state index contributed by atoms with van der Waals surface area (Å²) in [4.78, 5) is 22.2. The van der Waals surface area contributed by atoms with Gasteiger partial charge in [0.15, 0.2) is 0 Å². The highest BCUT2D eigenvalue weighted by atomic mass is 35.5. The fraction of sp³-hybridized carbons (Fsp3) is 0.212. The third-order valence-electron chi connectivity index (χ3n) is 5.54. The van der Waals surface area contributed by atoms with Gasteiger partial charge in [0.05, 0.1) is 6.42 Å². The van der Waals surface area contributed by atoms with Crippen molar-refractivity contribution < 1.29 is 9.59 Å². The van der Waals surface area contributed by atoms with Crippen LogP contribution in [-0.2, 0) is 24.1 Å². The van der Waals surface area contributed by atoms with Crippen molar-refractivity contribution in [3.05, 3.63) is 143 Å². The quantitative estimate of drug-likeness (QED) is 0.258. The van der Waals surface area contributed by atoms with Crippen molar-refractivity contribution in [3.63, 3.8) is 0 Å². The molecule has 38 heavy (non-hydrogen) atoms. The highest BCUT2D eigenvalue weighted by Gasteiger charge is 2.02. The van der Waals surface area contributed by atoms with E-state index in [1.54, 1.807) is 24.3 Å². The molecule has 0 atom stereocenters. The summed E-state index contributed by atoms with van der Waals surface area (Å²) in [6, 6.07) is 35.4. The zero-order chi connectivity index (χ0) is 27.6. The summed E-state index contributed by atoms with van der Waals surface area (Å²) in [6.45, 7) is 5.61. The molecular formula is C33H37ClN2O2. The Labute approximate surface area is 231 Å². The first kappa shape index (κ1) is 30.5. The number of amides is 1. The fourth-order valence-corrected chi connectivity index (χ4v) is 3.79. The Morgan fingerprint density at radius 1 is 0.684 bits per heavy atom. The molecule has 0 radical (unpaired) electrons. The fourth-order valence-electron chi connectivity index (χ4n) is 3.66. The van der Waals surface area contributed by atoms with Gasteiger partial charge in [0.2, 0.25) is 5.91 Å². The highest BCUT2D eigenvalue weighted by Crippen LogP contribution is 2.05. The van der Waals surface area contributed by atoms with Gasteiger partial charge in [-0.1, -0.05) is 120 Å². The van der Waals surface area contributed by atoms with Crippen molar-refractivity contribution in [1.82, 2.24) is 5.32 Å². The number of rotatable bonds is 8. The van der Waals surface area contributed by atoms with E-state index in [1.807, 2.05) is 36.4 Å². The van der Waals surface area contributed by atoms with Crippen LogP contribution in [0.1, 0.15) is 38.2 Å². The highest BCUT2D eigenvalue weighted by molar-refractivity contribution is 6.67. The van der Waals surface area contributed by atoms with E-state index in [1.165, 1.54) is 22.3 Å². The standard InChI is InChI=1S/C17H19NO.C9H13N.C7H5ClO/c1-14-6-5-9-16(12-14)10-11-18-17(19)13-15-7-3-2-4-8-15;1-8-3-2-4-9(7-8)5-6-10;8-7(9)6-4-2-1-3-5-6/h2-9,12H,10-11,13H2,1H3,(H,18,19);2-4,7H,5-6,10H2,1H3;1-5H. The predicted octanol–water partition coefficient (Wildman–Crippen LogP) is 6.46. The number of nitrogens with one attached hydrogen (secondary N) is 1. The molecule has 0 unspecified atom stereocenters. The van der Waals surface area contributed by atoms with Gasteiger partial charge in [-0.25, -0.2) is 0 Å². The molecule has 0 bridgehead atoms. The van der Waals surface area contributed by atoms with Crippen molar-refractivity contribution in [2.45, 2.75) is 33.1 Å². The lowest BCUT2D eigenvalue weighted by molar-refractivity contribution is -0.120. The Hall–Kier alpha value is -3.73. The number of hydrogen-bond donors (Lipinski definition) is 2. The third-order valence-corrected chi connectivity index (χ3v) is 5.76. The Morgan fingerprint density at radius 2 is 1.18 bits per heavy atom. The second kappa shape index (κ2) is 17.7. The van der Waals surface area contributed by atoms with Gasteiger partial charge in [0.25, 0.3) is 5.24 Å². The number of nitrogens with two attached hydrogens (primary N) is 1. The Balaban J connectivity index is 0.000000224. The van der Waals surface area contributed by atoms with Gasteiger partial charge >= 0.3 is 0 Å². The summed E-state index contributed by atoms with van der Waals surface area (Å²) >= 11 is 5.16. The number of halogens is 1. The summed E-state index contributed by atoms with van der Waals surface area (Å²) < 4.78 is 0. The van der Waals surface area contributed by atoms with Crippen LogP contribution in [-0.4, -0.2) is 24.2 Å². The van der Waals surface area contributed by atoms with E-state index in [9.17, 15) is 9.59 Å². The van der Waals surface area contributed by atoms with Crippen molar-refractivity contribution >= 4 is 22.8 Å². The third kappa shape index (κ3) is 13.0. The minimum absolute atomic E-state index is 0.0823. The van der Waals surface area contributed by atoms with E-state index in [-0.39, 0.29) is 5.91 Å². The molecule has 0 spiro atoms. The molecule has 3 N–H and O–H groups in total. The van der Waals surface area contributed by atoms with Gasteiger partial charge in [-0.05, 0) is 61.5 Å². The Bertz CT molecular complexity index is 1240. The maximum absolute atomic E-state index is 11.8. The molecule has 0 saturated heterocycles. The first-order valence-corrected chi connectivity index (χ1v) is 13.1. The first-order valence-electron chi connectivity index (χ1n) is 12.7. The van der Waals surface area contributed by atoms with Crippen LogP contribution in [0.2, 0.25) is 0 Å². The predicted molar refractivity (Wildman–Crippen MR) is 159 cm³/mol. The number of hydrogen-bond acceptors (Lipinski definition) is 3. The van der Waals surface area contributed by atoms with Crippen LogP contribution in [0.3, 0.4) is 0 Å². The number of benzene rings is 4. The van der Waals surface area contributed by atoms with E-state index < -0.39 is 5.24 Å². The summed E-state index contributed by atoms with van der Waals surface area (Å²) in [5.74, 6) is 0.0823.